The van der Waals surface area contributed by atoms with Gasteiger partial charge < -0.3 is 15.5 Å². The van der Waals surface area contributed by atoms with Gasteiger partial charge in [0.05, 0.1) is 11.6 Å². The summed E-state index contributed by atoms with van der Waals surface area (Å²) in [5.41, 5.74) is -2.18. The summed E-state index contributed by atoms with van der Waals surface area (Å²) in [6, 6.07) is 5.41. The second-order valence-corrected chi connectivity index (χ2v) is 8.47. The molecule has 5 nitrogen and oxygen atoms in total. The number of aliphatic hydroxyl groups is 1. The number of benzene rings is 2. The number of rotatable bonds is 5. The molecule has 1 aliphatic rings. The van der Waals surface area contributed by atoms with Crippen LogP contribution in [0.4, 0.5) is 23.2 Å². The van der Waals surface area contributed by atoms with Crippen LogP contribution in [0.3, 0.4) is 0 Å². The number of alkyl halides is 3. The van der Waals surface area contributed by atoms with Gasteiger partial charge in [0.25, 0.3) is 0 Å². The zero-order chi connectivity index (χ0) is 24.0. The minimum atomic E-state index is -4.98. The van der Waals surface area contributed by atoms with Crippen LogP contribution in [0.5, 0.6) is 5.75 Å². The van der Waals surface area contributed by atoms with E-state index in [0.29, 0.717) is 35.3 Å². The zero-order valence-corrected chi connectivity index (χ0v) is 18.2. The van der Waals surface area contributed by atoms with Gasteiger partial charge in [0, 0.05) is 29.3 Å². The van der Waals surface area contributed by atoms with Crippen LogP contribution >= 0.6 is 0 Å². The van der Waals surface area contributed by atoms with Crippen molar-refractivity contribution in [1.29, 1.82) is 0 Å². The fraction of sp³-hybridized carbons (Fsp3) is 0.417. The van der Waals surface area contributed by atoms with E-state index in [0.717, 1.165) is 6.07 Å². The number of hydrogen-bond acceptors (Lipinski definition) is 5. The third kappa shape index (κ3) is 3.88. The highest BCUT2D eigenvalue weighted by atomic mass is 19.4. The lowest BCUT2D eigenvalue weighted by atomic mass is 9.68. The van der Waals surface area contributed by atoms with E-state index in [4.69, 9.17) is 0 Å². The third-order valence-corrected chi connectivity index (χ3v) is 6.38. The van der Waals surface area contributed by atoms with E-state index in [1.54, 1.807) is 25.1 Å². The molecule has 1 aliphatic carbocycles. The SMILES string of the molecule is CCC[C@@H]1C[C@](O)(C(F)(F)F)[C@@H](Nc2cccc3nc(CC)ncc23)c2ccc(F)c(O)c21. The van der Waals surface area contributed by atoms with Crippen molar-refractivity contribution >= 4 is 16.6 Å². The molecule has 3 atom stereocenters. The predicted octanol–water partition coefficient (Wildman–Crippen LogP) is 5.77. The lowest BCUT2D eigenvalue weighted by Gasteiger charge is -2.46. The van der Waals surface area contributed by atoms with Crippen LogP contribution in [-0.2, 0) is 6.42 Å². The first-order valence-electron chi connectivity index (χ1n) is 10.9. The third-order valence-electron chi connectivity index (χ3n) is 6.38. The van der Waals surface area contributed by atoms with Crippen molar-refractivity contribution in [2.75, 3.05) is 5.32 Å². The van der Waals surface area contributed by atoms with Crippen LogP contribution in [0.1, 0.15) is 62.0 Å². The van der Waals surface area contributed by atoms with E-state index >= 15 is 0 Å². The lowest BCUT2D eigenvalue weighted by molar-refractivity contribution is -0.273. The van der Waals surface area contributed by atoms with E-state index in [1.807, 2.05) is 6.92 Å². The molecule has 0 spiro atoms. The van der Waals surface area contributed by atoms with Gasteiger partial charge in [-0.1, -0.05) is 32.4 Å². The molecule has 0 fully saturated rings. The van der Waals surface area contributed by atoms with Crippen molar-refractivity contribution in [3.05, 3.63) is 59.3 Å². The molecule has 33 heavy (non-hydrogen) atoms. The number of aryl methyl sites for hydroxylation is 1. The van der Waals surface area contributed by atoms with Crippen LogP contribution < -0.4 is 5.32 Å². The number of phenolic OH excluding ortho intramolecular Hbond substituents is 1. The predicted molar refractivity (Wildman–Crippen MR) is 117 cm³/mol. The fourth-order valence-corrected chi connectivity index (χ4v) is 4.75. The van der Waals surface area contributed by atoms with Gasteiger partial charge in [-0.25, -0.2) is 14.4 Å². The monoisotopic (exact) mass is 463 g/mol. The Bertz CT molecular complexity index is 1180. The smallest absolute Gasteiger partial charge is 0.419 e. The molecule has 0 saturated carbocycles. The molecule has 1 heterocycles. The summed E-state index contributed by atoms with van der Waals surface area (Å²) >= 11 is 0. The van der Waals surface area contributed by atoms with Gasteiger partial charge in [0.1, 0.15) is 5.82 Å². The van der Waals surface area contributed by atoms with Crippen LogP contribution in [0.2, 0.25) is 0 Å². The standard InChI is InChI=1S/C24H25F4N3O2/c1-3-6-13-11-23(33,24(26,27)28)22(14-9-10-16(25)21(32)20(13)14)31-18-8-5-7-17-15(18)12-29-19(4-2)30-17/h5,7-10,12-13,22,31-33H,3-4,6,11H2,1-2H3/t13-,22+,23-/m1/s1. The van der Waals surface area contributed by atoms with E-state index in [2.05, 4.69) is 15.3 Å². The van der Waals surface area contributed by atoms with E-state index in [1.165, 1.54) is 12.3 Å². The number of aromatic hydroxyl groups is 1. The molecule has 3 aromatic rings. The molecular weight excluding hydrogens is 438 g/mol. The maximum atomic E-state index is 14.3. The Morgan fingerprint density at radius 1 is 1.18 bits per heavy atom. The number of halogens is 4. The van der Waals surface area contributed by atoms with Gasteiger partial charge in [0.15, 0.2) is 17.2 Å². The van der Waals surface area contributed by atoms with Crippen molar-refractivity contribution in [3.8, 4) is 5.75 Å². The molecule has 3 N–H and O–H groups in total. The molecule has 0 unspecified atom stereocenters. The summed E-state index contributed by atoms with van der Waals surface area (Å²) in [5.74, 6) is -1.84. The zero-order valence-electron chi connectivity index (χ0n) is 18.2. The Kier molecular flexibility index (Phi) is 5.94. The first-order chi connectivity index (χ1) is 15.6. The maximum absolute atomic E-state index is 14.3. The molecule has 176 valence electrons. The van der Waals surface area contributed by atoms with Crippen molar-refractivity contribution in [2.45, 2.75) is 63.3 Å². The van der Waals surface area contributed by atoms with Crippen molar-refractivity contribution < 1.29 is 27.8 Å². The number of hydrogen-bond donors (Lipinski definition) is 3. The Labute approximate surface area is 188 Å². The Morgan fingerprint density at radius 3 is 2.61 bits per heavy atom. The molecule has 4 rings (SSSR count). The first kappa shape index (κ1) is 23.2. The number of aromatic nitrogens is 2. The van der Waals surface area contributed by atoms with Crippen LogP contribution in [-0.4, -0.2) is 32.0 Å². The molecule has 2 aromatic carbocycles. The van der Waals surface area contributed by atoms with Gasteiger partial charge in [0.2, 0.25) is 0 Å². The molecule has 0 aliphatic heterocycles. The van der Waals surface area contributed by atoms with Gasteiger partial charge in [-0.05, 0) is 42.5 Å². The van der Waals surface area contributed by atoms with Gasteiger partial charge in [-0.2, -0.15) is 13.2 Å². The summed E-state index contributed by atoms with van der Waals surface area (Å²) in [6.45, 7) is 3.68. The van der Waals surface area contributed by atoms with Gasteiger partial charge >= 0.3 is 6.18 Å². The van der Waals surface area contributed by atoms with E-state index in [-0.39, 0.29) is 17.5 Å². The highest BCUT2D eigenvalue weighted by Gasteiger charge is 2.62. The second-order valence-electron chi connectivity index (χ2n) is 8.47. The Balaban J connectivity index is 1.90. The van der Waals surface area contributed by atoms with Gasteiger partial charge in [-0.15, -0.1) is 0 Å². The number of phenols is 1. The Morgan fingerprint density at radius 2 is 1.94 bits per heavy atom. The molecule has 0 bridgehead atoms. The normalized spacial score (nSPS) is 22.9. The van der Waals surface area contributed by atoms with Crippen LogP contribution in [0, 0.1) is 5.82 Å². The topological polar surface area (TPSA) is 78.3 Å². The average Bonchev–Trinajstić information content (AvgIpc) is 2.77. The summed E-state index contributed by atoms with van der Waals surface area (Å²) in [6.07, 6.45) is -2.78. The molecule has 0 saturated heterocycles. The molecule has 0 amide bonds. The molecule has 9 heteroatoms. The van der Waals surface area contributed by atoms with Crippen molar-refractivity contribution in [3.63, 3.8) is 0 Å². The van der Waals surface area contributed by atoms with E-state index < -0.39 is 41.7 Å². The summed E-state index contributed by atoms with van der Waals surface area (Å²) < 4.78 is 57.2. The first-order valence-corrected chi connectivity index (χ1v) is 10.9. The minimum absolute atomic E-state index is 0.0153. The van der Waals surface area contributed by atoms with Gasteiger partial charge in [-0.3, -0.25) is 0 Å². The average molecular weight is 463 g/mol. The Hall–Kier alpha value is -2.94. The highest BCUT2D eigenvalue weighted by molar-refractivity contribution is 5.91. The fourth-order valence-electron chi connectivity index (χ4n) is 4.75. The number of anilines is 1. The summed E-state index contributed by atoms with van der Waals surface area (Å²) in [5, 5.41) is 24.9. The van der Waals surface area contributed by atoms with E-state index in [9.17, 15) is 27.8 Å². The van der Waals surface area contributed by atoms with Crippen LogP contribution in [0.15, 0.2) is 36.5 Å². The lowest BCUT2D eigenvalue weighted by Crippen LogP contribution is -2.55. The van der Waals surface area contributed by atoms with Crippen molar-refractivity contribution in [2.24, 2.45) is 0 Å². The second kappa shape index (κ2) is 8.44. The number of nitrogens with one attached hydrogen (secondary N) is 1. The largest absolute Gasteiger partial charge is 0.505 e. The summed E-state index contributed by atoms with van der Waals surface area (Å²) in [4.78, 5) is 8.66. The molecular formula is C24H25F4N3O2. The summed E-state index contributed by atoms with van der Waals surface area (Å²) in [7, 11) is 0. The van der Waals surface area contributed by atoms with Crippen molar-refractivity contribution in [1.82, 2.24) is 9.97 Å². The minimum Gasteiger partial charge on any atom is -0.505 e. The number of nitrogens with zero attached hydrogens (tertiary/aromatic N) is 2. The number of fused-ring (bicyclic) bond motifs is 2. The maximum Gasteiger partial charge on any atom is 0.419 e. The molecule has 1 aromatic heterocycles. The molecule has 0 radical (unpaired) electrons. The quantitative estimate of drug-likeness (QED) is 0.419. The highest BCUT2D eigenvalue weighted by Crippen LogP contribution is 2.55. The van der Waals surface area contributed by atoms with Crippen LogP contribution in [0.25, 0.3) is 10.9 Å².